The standard InChI is InChI=1S/C14H27N3O2.2ClH/c1-14(2,3)19-13(18)17-9-12(10-17)16-6-4-11(8-15)5-7-16;;/h11-12H,4-10,15H2,1-3H3;2*1H. The van der Waals surface area contributed by atoms with Crippen LogP contribution in [0, 0.1) is 5.92 Å². The van der Waals surface area contributed by atoms with Gasteiger partial charge in [0, 0.05) is 19.1 Å². The van der Waals surface area contributed by atoms with Gasteiger partial charge < -0.3 is 15.4 Å². The maximum atomic E-state index is 11.8. The summed E-state index contributed by atoms with van der Waals surface area (Å²) in [7, 11) is 0. The van der Waals surface area contributed by atoms with Crippen LogP contribution in [0.4, 0.5) is 4.79 Å². The molecule has 2 fully saturated rings. The number of rotatable bonds is 2. The Bertz CT molecular complexity index is 323. The first kappa shape index (κ1) is 20.8. The number of nitrogens with two attached hydrogens (primary N) is 1. The summed E-state index contributed by atoms with van der Waals surface area (Å²) in [6.45, 7) is 10.4. The molecule has 2 rings (SSSR count). The Morgan fingerprint density at radius 1 is 1.19 bits per heavy atom. The highest BCUT2D eigenvalue weighted by Crippen LogP contribution is 2.24. The van der Waals surface area contributed by atoms with E-state index >= 15 is 0 Å². The van der Waals surface area contributed by atoms with Gasteiger partial charge in [0.25, 0.3) is 0 Å². The number of nitrogens with zero attached hydrogens (tertiary/aromatic N) is 2. The van der Waals surface area contributed by atoms with Crippen molar-refractivity contribution in [1.82, 2.24) is 9.80 Å². The lowest BCUT2D eigenvalue weighted by Crippen LogP contribution is -2.62. The quantitative estimate of drug-likeness (QED) is 0.835. The zero-order valence-electron chi connectivity index (χ0n) is 13.2. The number of carbonyl (C=O) groups excluding carboxylic acids is 1. The van der Waals surface area contributed by atoms with Gasteiger partial charge in [-0.2, -0.15) is 0 Å². The number of halogens is 2. The van der Waals surface area contributed by atoms with Crippen LogP contribution in [-0.2, 0) is 4.74 Å². The lowest BCUT2D eigenvalue weighted by Gasteiger charge is -2.47. The Labute approximate surface area is 140 Å². The molecule has 0 spiro atoms. The number of carbonyl (C=O) groups is 1. The van der Waals surface area contributed by atoms with Gasteiger partial charge in [0.05, 0.1) is 0 Å². The van der Waals surface area contributed by atoms with Gasteiger partial charge in [-0.1, -0.05) is 0 Å². The molecule has 7 heteroatoms. The second-order valence-corrected chi connectivity index (χ2v) is 6.75. The molecular formula is C14H29Cl2N3O2. The molecule has 2 aliphatic heterocycles. The molecule has 0 aromatic rings. The molecule has 0 aromatic carbocycles. The van der Waals surface area contributed by atoms with E-state index in [1.54, 1.807) is 4.90 Å². The number of likely N-dealkylation sites (tertiary alicyclic amines) is 2. The summed E-state index contributed by atoms with van der Waals surface area (Å²) in [4.78, 5) is 16.1. The average molecular weight is 342 g/mol. The summed E-state index contributed by atoms with van der Waals surface area (Å²) >= 11 is 0. The van der Waals surface area contributed by atoms with Crippen molar-refractivity contribution in [3.05, 3.63) is 0 Å². The van der Waals surface area contributed by atoms with Gasteiger partial charge in [0.1, 0.15) is 5.60 Å². The molecule has 5 nitrogen and oxygen atoms in total. The minimum Gasteiger partial charge on any atom is -0.444 e. The van der Waals surface area contributed by atoms with Crippen molar-refractivity contribution in [3.8, 4) is 0 Å². The van der Waals surface area contributed by atoms with Crippen molar-refractivity contribution < 1.29 is 9.53 Å². The SMILES string of the molecule is CC(C)(C)OC(=O)N1CC(N2CCC(CN)CC2)C1.Cl.Cl. The summed E-state index contributed by atoms with van der Waals surface area (Å²) < 4.78 is 5.36. The fourth-order valence-electron chi connectivity index (χ4n) is 2.72. The highest BCUT2D eigenvalue weighted by Gasteiger charge is 2.37. The lowest BCUT2D eigenvalue weighted by atomic mass is 9.94. The third-order valence-corrected chi connectivity index (χ3v) is 4.01. The third kappa shape index (κ3) is 5.81. The molecule has 2 saturated heterocycles. The highest BCUT2D eigenvalue weighted by molar-refractivity contribution is 5.85. The van der Waals surface area contributed by atoms with E-state index in [1.165, 1.54) is 12.8 Å². The van der Waals surface area contributed by atoms with Crippen LogP contribution in [0.3, 0.4) is 0 Å². The van der Waals surface area contributed by atoms with E-state index in [9.17, 15) is 4.79 Å². The molecule has 0 radical (unpaired) electrons. The Balaban J connectivity index is 0.00000200. The van der Waals surface area contributed by atoms with Crippen molar-refractivity contribution in [2.75, 3.05) is 32.7 Å². The predicted molar refractivity (Wildman–Crippen MR) is 89.4 cm³/mol. The number of piperidine rings is 1. The van der Waals surface area contributed by atoms with E-state index in [0.717, 1.165) is 32.7 Å². The van der Waals surface area contributed by atoms with E-state index in [-0.39, 0.29) is 30.9 Å². The summed E-state index contributed by atoms with van der Waals surface area (Å²) in [5.41, 5.74) is 5.30. The smallest absolute Gasteiger partial charge is 0.410 e. The highest BCUT2D eigenvalue weighted by atomic mass is 35.5. The molecule has 0 aliphatic carbocycles. The monoisotopic (exact) mass is 341 g/mol. The van der Waals surface area contributed by atoms with Gasteiger partial charge in [-0.05, 0) is 59.2 Å². The number of hydrogen-bond acceptors (Lipinski definition) is 4. The molecule has 2 aliphatic rings. The average Bonchev–Trinajstić information content (AvgIpc) is 2.25. The first-order chi connectivity index (χ1) is 8.89. The topological polar surface area (TPSA) is 58.8 Å². The predicted octanol–water partition coefficient (Wildman–Crippen LogP) is 2.12. The van der Waals surface area contributed by atoms with Crippen LogP contribution in [-0.4, -0.2) is 60.3 Å². The minimum atomic E-state index is -0.401. The van der Waals surface area contributed by atoms with E-state index < -0.39 is 5.60 Å². The van der Waals surface area contributed by atoms with Crippen molar-refractivity contribution in [2.24, 2.45) is 11.7 Å². The maximum absolute atomic E-state index is 11.8. The summed E-state index contributed by atoms with van der Waals surface area (Å²) in [6, 6.07) is 0.520. The van der Waals surface area contributed by atoms with Crippen molar-refractivity contribution >= 4 is 30.9 Å². The van der Waals surface area contributed by atoms with E-state index in [4.69, 9.17) is 10.5 Å². The van der Waals surface area contributed by atoms with Gasteiger partial charge in [-0.25, -0.2) is 4.79 Å². The second kappa shape index (κ2) is 8.42. The van der Waals surface area contributed by atoms with Gasteiger partial charge in [-0.3, -0.25) is 4.90 Å². The summed E-state index contributed by atoms with van der Waals surface area (Å²) in [5.74, 6) is 0.693. The molecule has 21 heavy (non-hydrogen) atoms. The first-order valence-electron chi connectivity index (χ1n) is 7.31. The Hall–Kier alpha value is -0.230. The Kier molecular flexibility index (Phi) is 8.32. The minimum absolute atomic E-state index is 0. The van der Waals surface area contributed by atoms with Crippen LogP contribution in [0.25, 0.3) is 0 Å². The normalized spacial score (nSPS) is 21.0. The third-order valence-electron chi connectivity index (χ3n) is 4.01. The second-order valence-electron chi connectivity index (χ2n) is 6.75. The molecule has 0 atom stereocenters. The fraction of sp³-hybridized carbons (Fsp3) is 0.929. The zero-order valence-corrected chi connectivity index (χ0v) is 14.8. The van der Waals surface area contributed by atoms with Crippen LogP contribution in [0.5, 0.6) is 0 Å². The number of hydrogen-bond donors (Lipinski definition) is 1. The summed E-state index contributed by atoms with van der Waals surface area (Å²) in [6.07, 6.45) is 2.21. The van der Waals surface area contributed by atoms with Gasteiger partial charge in [-0.15, -0.1) is 24.8 Å². The van der Waals surface area contributed by atoms with Gasteiger partial charge in [0.2, 0.25) is 0 Å². The largest absolute Gasteiger partial charge is 0.444 e. The lowest BCUT2D eigenvalue weighted by molar-refractivity contribution is -0.0213. The van der Waals surface area contributed by atoms with E-state index in [0.29, 0.717) is 12.0 Å². The van der Waals surface area contributed by atoms with E-state index in [2.05, 4.69) is 4.90 Å². The van der Waals surface area contributed by atoms with Gasteiger partial charge in [0.15, 0.2) is 0 Å². The summed E-state index contributed by atoms with van der Waals surface area (Å²) in [5, 5.41) is 0. The van der Waals surface area contributed by atoms with Crippen LogP contribution in [0.2, 0.25) is 0 Å². The molecule has 0 aromatic heterocycles. The maximum Gasteiger partial charge on any atom is 0.410 e. The molecule has 2 N–H and O–H groups in total. The Morgan fingerprint density at radius 3 is 2.14 bits per heavy atom. The zero-order chi connectivity index (χ0) is 14.0. The Morgan fingerprint density at radius 2 is 1.71 bits per heavy atom. The van der Waals surface area contributed by atoms with Crippen LogP contribution in [0.1, 0.15) is 33.6 Å². The van der Waals surface area contributed by atoms with Gasteiger partial charge >= 0.3 is 6.09 Å². The van der Waals surface area contributed by atoms with Crippen LogP contribution in [0.15, 0.2) is 0 Å². The van der Waals surface area contributed by atoms with Crippen LogP contribution >= 0.6 is 24.8 Å². The number of ether oxygens (including phenoxy) is 1. The van der Waals surface area contributed by atoms with E-state index in [1.807, 2.05) is 20.8 Å². The molecule has 0 bridgehead atoms. The van der Waals surface area contributed by atoms with Crippen LogP contribution < -0.4 is 5.73 Å². The van der Waals surface area contributed by atoms with Crippen molar-refractivity contribution in [1.29, 1.82) is 0 Å². The molecule has 0 unspecified atom stereocenters. The van der Waals surface area contributed by atoms with Crippen molar-refractivity contribution in [2.45, 2.75) is 45.3 Å². The van der Waals surface area contributed by atoms with Crippen molar-refractivity contribution in [3.63, 3.8) is 0 Å². The molecular weight excluding hydrogens is 313 g/mol. The molecule has 126 valence electrons. The number of amides is 1. The molecule has 1 amide bonds. The first-order valence-corrected chi connectivity index (χ1v) is 7.31. The molecule has 0 saturated carbocycles. The fourth-order valence-corrected chi connectivity index (χ4v) is 2.72. The molecule has 2 heterocycles.